The maximum atomic E-state index is 12.1. The number of benzene rings is 1. The molecule has 0 bridgehead atoms. The van der Waals surface area contributed by atoms with Crippen molar-refractivity contribution in [3.63, 3.8) is 0 Å². The quantitative estimate of drug-likeness (QED) is 0.758. The second-order valence-electron chi connectivity index (χ2n) is 4.71. The van der Waals surface area contributed by atoms with Crippen LogP contribution in [0.15, 0.2) is 42.6 Å². The van der Waals surface area contributed by atoms with Gasteiger partial charge in [-0.1, -0.05) is 0 Å². The zero-order chi connectivity index (χ0) is 15.0. The lowest BCUT2D eigenvalue weighted by Gasteiger charge is -2.08. The highest BCUT2D eigenvalue weighted by atomic mass is 19.4. The van der Waals surface area contributed by atoms with Crippen molar-refractivity contribution >= 4 is 11.0 Å². The Labute approximate surface area is 118 Å². The summed E-state index contributed by atoms with van der Waals surface area (Å²) in [7, 11) is 0. The van der Waals surface area contributed by atoms with E-state index in [1.54, 1.807) is 18.3 Å². The summed E-state index contributed by atoms with van der Waals surface area (Å²) >= 11 is 0. The molecule has 0 aliphatic heterocycles. The summed E-state index contributed by atoms with van der Waals surface area (Å²) in [5, 5.41) is 0.959. The molecule has 1 N–H and O–H groups in total. The van der Waals surface area contributed by atoms with E-state index in [-0.39, 0.29) is 5.75 Å². The predicted molar refractivity (Wildman–Crippen MR) is 72.9 cm³/mol. The first-order valence-electron chi connectivity index (χ1n) is 6.22. The lowest BCUT2D eigenvalue weighted by Crippen LogP contribution is -2.16. The molecule has 0 aliphatic carbocycles. The van der Waals surface area contributed by atoms with E-state index in [0.29, 0.717) is 0 Å². The van der Waals surface area contributed by atoms with Crippen LogP contribution in [-0.4, -0.2) is 16.3 Å². The van der Waals surface area contributed by atoms with E-state index in [4.69, 9.17) is 0 Å². The maximum absolute atomic E-state index is 12.1. The van der Waals surface area contributed by atoms with Crippen LogP contribution in [0.3, 0.4) is 0 Å². The number of rotatable bonds is 2. The van der Waals surface area contributed by atoms with Gasteiger partial charge in [0.05, 0.1) is 0 Å². The van der Waals surface area contributed by atoms with Gasteiger partial charge < -0.3 is 9.72 Å². The van der Waals surface area contributed by atoms with Gasteiger partial charge in [-0.3, -0.25) is 0 Å². The molecule has 0 radical (unpaired) electrons. The number of nitrogens with one attached hydrogen (secondary N) is 1. The van der Waals surface area contributed by atoms with E-state index in [9.17, 15) is 13.2 Å². The van der Waals surface area contributed by atoms with Crippen molar-refractivity contribution in [3.05, 3.63) is 48.2 Å². The average Bonchev–Trinajstić information content (AvgIpc) is 2.80. The average molecular weight is 292 g/mol. The van der Waals surface area contributed by atoms with Crippen molar-refractivity contribution < 1.29 is 17.9 Å². The summed E-state index contributed by atoms with van der Waals surface area (Å²) in [6.45, 7) is 1.95. The van der Waals surface area contributed by atoms with Crippen LogP contribution in [-0.2, 0) is 0 Å². The Bertz CT molecular complexity index is 776. The Morgan fingerprint density at radius 3 is 2.48 bits per heavy atom. The van der Waals surface area contributed by atoms with Crippen molar-refractivity contribution in [2.24, 2.45) is 0 Å². The molecule has 0 atom stereocenters. The molecule has 3 aromatic rings. The van der Waals surface area contributed by atoms with Crippen molar-refractivity contribution in [2.75, 3.05) is 0 Å². The second-order valence-corrected chi connectivity index (χ2v) is 4.71. The highest BCUT2D eigenvalue weighted by Crippen LogP contribution is 2.27. The van der Waals surface area contributed by atoms with Gasteiger partial charge in [0.2, 0.25) is 0 Å². The van der Waals surface area contributed by atoms with Gasteiger partial charge in [0.15, 0.2) is 0 Å². The van der Waals surface area contributed by atoms with E-state index in [2.05, 4.69) is 14.7 Å². The fourth-order valence-corrected chi connectivity index (χ4v) is 2.12. The molecule has 2 heterocycles. The molecular weight excluding hydrogens is 281 g/mol. The summed E-state index contributed by atoms with van der Waals surface area (Å²) in [5.41, 5.74) is 3.34. The number of aromatic nitrogens is 2. The van der Waals surface area contributed by atoms with Gasteiger partial charge in [-0.15, -0.1) is 13.2 Å². The molecule has 21 heavy (non-hydrogen) atoms. The number of ether oxygens (including phenoxy) is 1. The Morgan fingerprint density at radius 1 is 1.10 bits per heavy atom. The molecule has 3 nitrogen and oxygen atoms in total. The van der Waals surface area contributed by atoms with Crippen LogP contribution >= 0.6 is 0 Å². The summed E-state index contributed by atoms with van der Waals surface area (Å²) < 4.78 is 40.2. The van der Waals surface area contributed by atoms with Crippen molar-refractivity contribution in [1.29, 1.82) is 0 Å². The van der Waals surface area contributed by atoms with Crippen LogP contribution in [0.1, 0.15) is 5.56 Å². The molecule has 0 amide bonds. The molecule has 0 saturated heterocycles. The first-order valence-corrected chi connectivity index (χ1v) is 6.22. The number of aromatic amines is 1. The fraction of sp³-hybridized carbons (Fsp3) is 0.133. The van der Waals surface area contributed by atoms with E-state index >= 15 is 0 Å². The number of fused-ring (bicyclic) bond motifs is 1. The number of pyridine rings is 1. The van der Waals surface area contributed by atoms with Gasteiger partial charge in [-0.25, -0.2) is 4.98 Å². The molecule has 2 aromatic heterocycles. The Kier molecular flexibility index (Phi) is 3.08. The number of hydrogen-bond donors (Lipinski definition) is 1. The fourth-order valence-electron chi connectivity index (χ4n) is 2.12. The summed E-state index contributed by atoms with van der Waals surface area (Å²) in [4.78, 5) is 7.40. The minimum Gasteiger partial charge on any atom is -0.406 e. The third-order valence-corrected chi connectivity index (χ3v) is 3.01. The number of aryl methyl sites for hydroxylation is 1. The SMILES string of the molecule is Cc1cnc2[nH]c(-c3ccc(OC(F)(F)F)cc3)cc2c1. The number of alkyl halides is 3. The van der Waals surface area contributed by atoms with Gasteiger partial charge in [-0.2, -0.15) is 0 Å². The van der Waals surface area contributed by atoms with Gasteiger partial charge >= 0.3 is 6.36 Å². The summed E-state index contributed by atoms with van der Waals surface area (Å²) in [6.07, 6.45) is -2.92. The first kappa shape index (κ1) is 13.5. The molecule has 0 unspecified atom stereocenters. The Morgan fingerprint density at radius 2 is 1.81 bits per heavy atom. The van der Waals surface area contributed by atoms with Crippen molar-refractivity contribution in [1.82, 2.24) is 9.97 Å². The van der Waals surface area contributed by atoms with Crippen LogP contribution < -0.4 is 4.74 Å². The molecule has 0 fully saturated rings. The topological polar surface area (TPSA) is 37.9 Å². The minimum atomic E-state index is -4.68. The summed E-state index contributed by atoms with van der Waals surface area (Å²) in [5.74, 6) is -0.240. The zero-order valence-electron chi connectivity index (χ0n) is 11.0. The molecule has 0 spiro atoms. The van der Waals surface area contributed by atoms with Crippen molar-refractivity contribution in [2.45, 2.75) is 13.3 Å². The van der Waals surface area contributed by atoms with Gasteiger partial charge in [0.1, 0.15) is 11.4 Å². The Balaban J connectivity index is 1.91. The van der Waals surface area contributed by atoms with Crippen LogP contribution in [0, 0.1) is 6.92 Å². The number of hydrogen-bond acceptors (Lipinski definition) is 2. The van der Waals surface area contributed by atoms with E-state index in [1.165, 1.54) is 12.1 Å². The largest absolute Gasteiger partial charge is 0.573 e. The number of nitrogens with zero attached hydrogens (tertiary/aromatic N) is 1. The smallest absolute Gasteiger partial charge is 0.406 e. The monoisotopic (exact) mass is 292 g/mol. The molecule has 0 saturated carbocycles. The van der Waals surface area contributed by atoms with Gasteiger partial charge in [0.25, 0.3) is 0 Å². The minimum absolute atomic E-state index is 0.240. The highest BCUT2D eigenvalue weighted by molar-refractivity contribution is 5.83. The lowest BCUT2D eigenvalue weighted by atomic mass is 10.1. The molecule has 0 aliphatic rings. The van der Waals surface area contributed by atoms with Crippen molar-refractivity contribution in [3.8, 4) is 17.0 Å². The molecule has 6 heteroatoms. The van der Waals surface area contributed by atoms with E-state index in [1.807, 2.05) is 19.1 Å². The Hall–Kier alpha value is -2.50. The molecule has 1 aromatic carbocycles. The highest BCUT2D eigenvalue weighted by Gasteiger charge is 2.30. The first-order chi connectivity index (χ1) is 9.90. The number of halogens is 3. The molecular formula is C15H11F3N2O. The second kappa shape index (κ2) is 4.80. The third kappa shape index (κ3) is 2.99. The normalized spacial score (nSPS) is 11.8. The lowest BCUT2D eigenvalue weighted by molar-refractivity contribution is -0.274. The van der Waals surface area contributed by atoms with E-state index < -0.39 is 6.36 Å². The standard InChI is InChI=1S/C15H11F3N2O/c1-9-6-11-7-13(20-14(11)19-8-9)10-2-4-12(5-3-10)21-15(16,17)18/h2-8H,1H3,(H,19,20). The predicted octanol–water partition coefficient (Wildman–Crippen LogP) is 4.44. The molecule has 108 valence electrons. The summed E-state index contributed by atoms with van der Waals surface area (Å²) in [6, 6.07) is 9.61. The number of H-pyrrole nitrogens is 1. The zero-order valence-corrected chi connectivity index (χ0v) is 11.0. The van der Waals surface area contributed by atoms with Gasteiger partial charge in [-0.05, 0) is 54.4 Å². The van der Waals surface area contributed by atoms with Crippen LogP contribution in [0.25, 0.3) is 22.3 Å². The molecule has 3 rings (SSSR count). The van der Waals surface area contributed by atoms with E-state index in [0.717, 1.165) is 27.9 Å². The maximum Gasteiger partial charge on any atom is 0.573 e. The van der Waals surface area contributed by atoms with Crippen LogP contribution in [0.4, 0.5) is 13.2 Å². The van der Waals surface area contributed by atoms with Crippen LogP contribution in [0.5, 0.6) is 5.75 Å². The van der Waals surface area contributed by atoms with Gasteiger partial charge in [0, 0.05) is 17.3 Å². The third-order valence-electron chi connectivity index (χ3n) is 3.01. The van der Waals surface area contributed by atoms with Crippen LogP contribution in [0.2, 0.25) is 0 Å².